The molecule has 0 fully saturated rings. The van der Waals surface area contributed by atoms with Crippen LogP contribution >= 0.6 is 27.7 Å². The van der Waals surface area contributed by atoms with Gasteiger partial charge in [0, 0.05) is 12.6 Å². The van der Waals surface area contributed by atoms with Gasteiger partial charge in [0.1, 0.15) is 17.4 Å². The van der Waals surface area contributed by atoms with Crippen molar-refractivity contribution in [3.63, 3.8) is 0 Å². The van der Waals surface area contributed by atoms with Crippen LogP contribution in [0.25, 0.3) is 0 Å². The minimum absolute atomic E-state index is 0.329. The molecule has 0 atom stereocenters. The fraction of sp³-hybridized carbons (Fsp3) is 0.231. The van der Waals surface area contributed by atoms with Crippen LogP contribution in [0, 0.1) is 5.82 Å². The number of thioether (sulfide) groups is 1. The number of ether oxygens (including phenoxy) is 1. The van der Waals surface area contributed by atoms with Gasteiger partial charge in [-0.3, -0.25) is 0 Å². The normalized spacial score (nSPS) is 10.4. The third kappa shape index (κ3) is 3.83. The number of nitrogens with one attached hydrogen (secondary N) is 1. The van der Waals surface area contributed by atoms with E-state index in [0.717, 1.165) is 6.54 Å². The highest BCUT2D eigenvalue weighted by Gasteiger charge is 2.08. The molecule has 0 amide bonds. The molecular weight excluding hydrogens is 345 g/mol. The summed E-state index contributed by atoms with van der Waals surface area (Å²) in [5.41, 5.74) is 0. The Balaban J connectivity index is 2.29. The molecule has 0 aliphatic carbocycles. The largest absolute Gasteiger partial charge is 0.438 e. The van der Waals surface area contributed by atoms with Crippen molar-refractivity contribution >= 4 is 33.5 Å². The minimum Gasteiger partial charge on any atom is -0.438 e. The Morgan fingerprint density at radius 3 is 2.80 bits per heavy atom. The van der Waals surface area contributed by atoms with E-state index in [0.29, 0.717) is 27.1 Å². The molecule has 20 heavy (non-hydrogen) atoms. The lowest BCUT2D eigenvalue weighted by molar-refractivity contribution is 0.451. The highest BCUT2D eigenvalue weighted by atomic mass is 79.9. The van der Waals surface area contributed by atoms with Crippen molar-refractivity contribution in [2.75, 3.05) is 18.1 Å². The SMILES string of the molecule is CCNc1cc(Oc2ccc(F)cc2Br)nc(SC)n1. The molecule has 0 aliphatic rings. The Labute approximate surface area is 129 Å². The van der Waals surface area contributed by atoms with E-state index in [-0.39, 0.29) is 5.82 Å². The van der Waals surface area contributed by atoms with E-state index in [1.807, 2.05) is 13.2 Å². The van der Waals surface area contributed by atoms with Crippen molar-refractivity contribution in [3.8, 4) is 11.6 Å². The lowest BCUT2D eigenvalue weighted by atomic mass is 10.3. The van der Waals surface area contributed by atoms with Gasteiger partial charge < -0.3 is 10.1 Å². The van der Waals surface area contributed by atoms with Gasteiger partial charge in [0.15, 0.2) is 5.16 Å². The zero-order valence-electron chi connectivity index (χ0n) is 11.0. The number of anilines is 1. The third-order valence-electron chi connectivity index (χ3n) is 2.33. The van der Waals surface area contributed by atoms with Gasteiger partial charge in [0.05, 0.1) is 4.47 Å². The van der Waals surface area contributed by atoms with Crippen molar-refractivity contribution in [3.05, 3.63) is 34.6 Å². The summed E-state index contributed by atoms with van der Waals surface area (Å²) in [6.45, 7) is 2.74. The van der Waals surface area contributed by atoms with Gasteiger partial charge in [-0.1, -0.05) is 11.8 Å². The van der Waals surface area contributed by atoms with Crippen LogP contribution in [0.3, 0.4) is 0 Å². The molecule has 1 aromatic heterocycles. The zero-order chi connectivity index (χ0) is 14.5. The van der Waals surface area contributed by atoms with Crippen LogP contribution in [0.1, 0.15) is 6.92 Å². The quantitative estimate of drug-likeness (QED) is 0.637. The number of halogens is 2. The summed E-state index contributed by atoms with van der Waals surface area (Å²) in [7, 11) is 0. The molecule has 1 heterocycles. The average Bonchev–Trinajstić information content (AvgIpc) is 2.42. The van der Waals surface area contributed by atoms with Gasteiger partial charge in [-0.2, -0.15) is 4.98 Å². The summed E-state index contributed by atoms with van der Waals surface area (Å²) >= 11 is 4.69. The highest BCUT2D eigenvalue weighted by Crippen LogP contribution is 2.30. The second kappa shape index (κ2) is 6.90. The second-order valence-corrected chi connectivity index (χ2v) is 5.41. The Morgan fingerprint density at radius 1 is 1.35 bits per heavy atom. The lowest BCUT2D eigenvalue weighted by Crippen LogP contribution is -2.02. The molecule has 1 aromatic carbocycles. The second-order valence-electron chi connectivity index (χ2n) is 3.79. The molecule has 2 aromatic rings. The molecular formula is C13H13BrFN3OS. The van der Waals surface area contributed by atoms with Crippen molar-refractivity contribution in [2.24, 2.45) is 0 Å². The standard InChI is InChI=1S/C13H13BrFN3OS/c1-3-16-11-7-12(18-13(17-11)20-2)19-10-5-4-8(15)6-9(10)14/h4-7H,3H2,1-2H3,(H,16,17,18). The summed E-state index contributed by atoms with van der Waals surface area (Å²) in [4.78, 5) is 8.58. The van der Waals surface area contributed by atoms with E-state index in [4.69, 9.17) is 4.74 Å². The van der Waals surface area contributed by atoms with Crippen molar-refractivity contribution in [2.45, 2.75) is 12.1 Å². The van der Waals surface area contributed by atoms with E-state index in [9.17, 15) is 4.39 Å². The number of rotatable bonds is 5. The fourth-order valence-corrected chi connectivity index (χ4v) is 2.29. The maximum absolute atomic E-state index is 13.0. The van der Waals surface area contributed by atoms with Gasteiger partial charge in [0.2, 0.25) is 5.88 Å². The Bertz CT molecular complexity index is 612. The number of nitrogens with zero attached hydrogens (tertiary/aromatic N) is 2. The van der Waals surface area contributed by atoms with Gasteiger partial charge in [-0.25, -0.2) is 9.37 Å². The van der Waals surface area contributed by atoms with E-state index in [2.05, 4.69) is 31.2 Å². The van der Waals surface area contributed by atoms with Crippen LogP contribution in [0.15, 0.2) is 33.9 Å². The van der Waals surface area contributed by atoms with Crippen LogP contribution in [-0.4, -0.2) is 22.8 Å². The Kier molecular flexibility index (Phi) is 5.19. The van der Waals surface area contributed by atoms with E-state index >= 15 is 0 Å². The Hall–Kier alpha value is -1.34. The first kappa shape index (κ1) is 15.1. The predicted octanol–water partition coefficient (Wildman–Crippen LogP) is 4.32. The van der Waals surface area contributed by atoms with Crippen molar-refractivity contribution in [1.82, 2.24) is 9.97 Å². The number of aromatic nitrogens is 2. The first-order valence-electron chi connectivity index (χ1n) is 5.92. The molecule has 0 aliphatic heterocycles. The van der Waals surface area contributed by atoms with Gasteiger partial charge in [-0.15, -0.1) is 0 Å². The average molecular weight is 358 g/mol. The molecule has 106 valence electrons. The van der Waals surface area contributed by atoms with E-state index in [1.165, 1.54) is 23.9 Å². The predicted molar refractivity (Wildman–Crippen MR) is 82.2 cm³/mol. The fourth-order valence-electron chi connectivity index (χ4n) is 1.49. The molecule has 7 heteroatoms. The first-order valence-corrected chi connectivity index (χ1v) is 7.94. The molecule has 4 nitrogen and oxygen atoms in total. The Morgan fingerprint density at radius 2 is 2.15 bits per heavy atom. The minimum atomic E-state index is -0.329. The molecule has 0 radical (unpaired) electrons. The molecule has 0 unspecified atom stereocenters. The molecule has 0 saturated carbocycles. The topological polar surface area (TPSA) is 47.0 Å². The molecule has 2 rings (SSSR count). The van der Waals surface area contributed by atoms with Crippen LogP contribution in [0.2, 0.25) is 0 Å². The number of hydrogen-bond donors (Lipinski definition) is 1. The molecule has 1 N–H and O–H groups in total. The van der Waals surface area contributed by atoms with Crippen LogP contribution < -0.4 is 10.1 Å². The third-order valence-corrected chi connectivity index (χ3v) is 3.50. The lowest BCUT2D eigenvalue weighted by Gasteiger charge is -2.10. The summed E-state index contributed by atoms with van der Waals surface area (Å²) in [6, 6.07) is 5.94. The van der Waals surface area contributed by atoms with Gasteiger partial charge in [-0.05, 0) is 47.3 Å². The summed E-state index contributed by atoms with van der Waals surface area (Å²) < 4.78 is 19.3. The van der Waals surface area contributed by atoms with Gasteiger partial charge in [0.25, 0.3) is 0 Å². The smallest absolute Gasteiger partial charge is 0.225 e. The van der Waals surface area contributed by atoms with Gasteiger partial charge >= 0.3 is 0 Å². The van der Waals surface area contributed by atoms with Crippen LogP contribution in [-0.2, 0) is 0 Å². The molecule has 0 saturated heterocycles. The first-order chi connectivity index (χ1) is 9.62. The highest BCUT2D eigenvalue weighted by molar-refractivity contribution is 9.10. The van der Waals surface area contributed by atoms with E-state index < -0.39 is 0 Å². The van der Waals surface area contributed by atoms with Crippen LogP contribution in [0.5, 0.6) is 11.6 Å². The molecule has 0 spiro atoms. The number of hydrogen-bond acceptors (Lipinski definition) is 5. The van der Waals surface area contributed by atoms with Crippen molar-refractivity contribution < 1.29 is 9.13 Å². The number of benzene rings is 1. The van der Waals surface area contributed by atoms with E-state index in [1.54, 1.807) is 12.1 Å². The summed E-state index contributed by atoms with van der Waals surface area (Å²) in [5.74, 6) is 1.28. The zero-order valence-corrected chi connectivity index (χ0v) is 13.4. The summed E-state index contributed by atoms with van der Waals surface area (Å²) in [5, 5.41) is 3.72. The maximum atomic E-state index is 13.0. The monoisotopic (exact) mass is 357 g/mol. The molecule has 0 bridgehead atoms. The van der Waals surface area contributed by atoms with Crippen molar-refractivity contribution in [1.29, 1.82) is 0 Å². The summed E-state index contributed by atoms with van der Waals surface area (Å²) in [6.07, 6.45) is 1.89. The maximum Gasteiger partial charge on any atom is 0.225 e. The van der Waals surface area contributed by atoms with Crippen LogP contribution in [0.4, 0.5) is 10.2 Å².